The maximum Gasteiger partial charge on any atom is 0.230 e. The van der Waals surface area contributed by atoms with E-state index in [1.165, 1.54) is 11.8 Å². The fourth-order valence-electron chi connectivity index (χ4n) is 3.37. The monoisotopic (exact) mass is 405 g/mol. The van der Waals surface area contributed by atoms with E-state index >= 15 is 0 Å². The van der Waals surface area contributed by atoms with Crippen LogP contribution in [0.15, 0.2) is 70.0 Å². The molecule has 2 aromatic heterocycles. The van der Waals surface area contributed by atoms with Crippen molar-refractivity contribution in [3.8, 4) is 5.69 Å². The zero-order valence-electron chi connectivity index (χ0n) is 16.7. The number of nitrogens with zero attached hydrogens (tertiary/aromatic N) is 2. The molecule has 0 fully saturated rings. The quantitative estimate of drug-likeness (QED) is 0.448. The van der Waals surface area contributed by atoms with Gasteiger partial charge in [0.15, 0.2) is 0 Å². The lowest BCUT2D eigenvalue weighted by molar-refractivity contribution is -0.119. The molecule has 2 aromatic carbocycles. The van der Waals surface area contributed by atoms with Crippen LogP contribution in [-0.2, 0) is 4.79 Å². The number of rotatable bonds is 6. The minimum absolute atomic E-state index is 0.0331. The van der Waals surface area contributed by atoms with Crippen LogP contribution in [0, 0.1) is 13.8 Å². The average molecular weight is 406 g/mol. The van der Waals surface area contributed by atoms with Crippen molar-refractivity contribution in [2.24, 2.45) is 0 Å². The Kier molecular flexibility index (Phi) is 5.45. The first-order valence-electron chi connectivity index (χ1n) is 9.55. The van der Waals surface area contributed by atoms with Gasteiger partial charge in [0.05, 0.1) is 33.8 Å². The van der Waals surface area contributed by atoms with Gasteiger partial charge in [-0.3, -0.25) is 4.79 Å². The van der Waals surface area contributed by atoms with Crippen LogP contribution in [0.5, 0.6) is 0 Å². The number of aryl methyl sites for hydroxylation is 1. The molecular weight excluding hydrogens is 382 g/mol. The number of nitrogens with one attached hydrogen (secondary N) is 1. The Morgan fingerprint density at radius 3 is 2.62 bits per heavy atom. The maximum absolute atomic E-state index is 12.5. The smallest absolute Gasteiger partial charge is 0.230 e. The number of para-hydroxylation sites is 2. The SMILES string of the molecule is Cc1nn(-c2ccccc2)c(C)c1SCC(=O)N[C@@H](C)c1cc2ccccc2o1. The summed E-state index contributed by atoms with van der Waals surface area (Å²) in [6.45, 7) is 5.94. The van der Waals surface area contributed by atoms with Gasteiger partial charge in [-0.25, -0.2) is 4.68 Å². The van der Waals surface area contributed by atoms with Gasteiger partial charge >= 0.3 is 0 Å². The highest BCUT2D eigenvalue weighted by atomic mass is 32.2. The first-order valence-corrected chi connectivity index (χ1v) is 10.5. The van der Waals surface area contributed by atoms with Crippen LogP contribution in [-0.4, -0.2) is 21.4 Å². The third-order valence-corrected chi connectivity index (χ3v) is 6.11. The predicted molar refractivity (Wildman–Crippen MR) is 117 cm³/mol. The molecule has 0 bridgehead atoms. The van der Waals surface area contributed by atoms with Crippen LogP contribution in [0.4, 0.5) is 0 Å². The van der Waals surface area contributed by atoms with E-state index in [0.29, 0.717) is 5.75 Å². The van der Waals surface area contributed by atoms with Gasteiger partial charge in [-0.15, -0.1) is 11.8 Å². The van der Waals surface area contributed by atoms with E-state index in [-0.39, 0.29) is 11.9 Å². The molecule has 0 spiro atoms. The minimum Gasteiger partial charge on any atom is -0.459 e. The lowest BCUT2D eigenvalue weighted by Gasteiger charge is -2.11. The molecule has 2 heterocycles. The van der Waals surface area contributed by atoms with Crippen molar-refractivity contribution in [1.82, 2.24) is 15.1 Å². The maximum atomic E-state index is 12.5. The summed E-state index contributed by atoms with van der Waals surface area (Å²) in [6.07, 6.45) is 0. The lowest BCUT2D eigenvalue weighted by Crippen LogP contribution is -2.27. The van der Waals surface area contributed by atoms with E-state index < -0.39 is 0 Å². The highest BCUT2D eigenvalue weighted by molar-refractivity contribution is 8.00. The number of hydrogen-bond donors (Lipinski definition) is 1. The zero-order valence-corrected chi connectivity index (χ0v) is 17.5. The molecular formula is C23H23N3O2S. The molecule has 1 N–H and O–H groups in total. The number of thioether (sulfide) groups is 1. The number of furan rings is 1. The van der Waals surface area contributed by atoms with Gasteiger partial charge in [0, 0.05) is 5.39 Å². The van der Waals surface area contributed by atoms with Crippen LogP contribution in [0.3, 0.4) is 0 Å². The van der Waals surface area contributed by atoms with Crippen LogP contribution in [0.25, 0.3) is 16.7 Å². The molecule has 148 valence electrons. The summed E-state index contributed by atoms with van der Waals surface area (Å²) in [6, 6.07) is 19.6. The molecule has 1 amide bonds. The number of fused-ring (bicyclic) bond motifs is 1. The summed E-state index contributed by atoms with van der Waals surface area (Å²) in [5, 5.41) is 8.70. The van der Waals surface area contributed by atoms with E-state index in [4.69, 9.17) is 4.42 Å². The number of hydrogen-bond acceptors (Lipinski definition) is 4. The second kappa shape index (κ2) is 8.17. The summed E-state index contributed by atoms with van der Waals surface area (Å²) in [4.78, 5) is 13.6. The average Bonchev–Trinajstić information content (AvgIpc) is 3.28. The molecule has 0 radical (unpaired) electrons. The van der Waals surface area contributed by atoms with Crippen molar-refractivity contribution in [3.63, 3.8) is 0 Å². The van der Waals surface area contributed by atoms with Gasteiger partial charge in [0.2, 0.25) is 5.91 Å². The molecule has 29 heavy (non-hydrogen) atoms. The normalized spacial score (nSPS) is 12.2. The summed E-state index contributed by atoms with van der Waals surface area (Å²) in [5.41, 5.74) is 3.81. The Hall–Kier alpha value is -2.99. The topological polar surface area (TPSA) is 60.1 Å². The Morgan fingerprint density at radius 1 is 1.14 bits per heavy atom. The van der Waals surface area contributed by atoms with Crippen molar-refractivity contribution in [2.45, 2.75) is 31.7 Å². The summed E-state index contributed by atoms with van der Waals surface area (Å²) in [7, 11) is 0. The second-order valence-electron chi connectivity index (χ2n) is 7.01. The Morgan fingerprint density at radius 2 is 1.86 bits per heavy atom. The molecule has 0 unspecified atom stereocenters. The fraction of sp³-hybridized carbons (Fsp3) is 0.217. The van der Waals surface area contributed by atoms with E-state index in [1.54, 1.807) is 0 Å². The zero-order chi connectivity index (χ0) is 20.4. The van der Waals surface area contributed by atoms with Crippen molar-refractivity contribution in [3.05, 3.63) is 77.8 Å². The largest absolute Gasteiger partial charge is 0.459 e. The molecule has 0 saturated carbocycles. The van der Waals surface area contributed by atoms with E-state index in [9.17, 15) is 4.79 Å². The Labute approximate surface area is 174 Å². The van der Waals surface area contributed by atoms with Gasteiger partial charge in [0.25, 0.3) is 0 Å². The first kappa shape index (κ1) is 19.3. The van der Waals surface area contributed by atoms with Crippen molar-refractivity contribution in [2.75, 3.05) is 5.75 Å². The number of carbonyl (C=O) groups is 1. The van der Waals surface area contributed by atoms with E-state index in [0.717, 1.165) is 38.7 Å². The van der Waals surface area contributed by atoms with Crippen LogP contribution in [0.1, 0.15) is 30.1 Å². The van der Waals surface area contributed by atoms with Crippen molar-refractivity contribution < 1.29 is 9.21 Å². The third-order valence-electron chi connectivity index (χ3n) is 4.82. The van der Waals surface area contributed by atoms with E-state index in [1.807, 2.05) is 86.1 Å². The molecule has 0 saturated heterocycles. The van der Waals surface area contributed by atoms with Gasteiger partial charge in [0.1, 0.15) is 11.3 Å². The van der Waals surface area contributed by atoms with E-state index in [2.05, 4.69) is 10.4 Å². The molecule has 0 aliphatic carbocycles. The lowest BCUT2D eigenvalue weighted by atomic mass is 10.2. The summed E-state index contributed by atoms with van der Waals surface area (Å²) in [5.74, 6) is 1.05. The predicted octanol–water partition coefficient (Wildman–Crippen LogP) is 5.20. The number of benzene rings is 2. The fourth-order valence-corrected chi connectivity index (χ4v) is 4.27. The minimum atomic E-state index is -0.190. The molecule has 0 aliphatic heterocycles. The summed E-state index contributed by atoms with van der Waals surface area (Å²) >= 11 is 1.51. The third kappa shape index (κ3) is 4.07. The number of aromatic nitrogens is 2. The van der Waals surface area contributed by atoms with Crippen LogP contribution < -0.4 is 5.32 Å². The second-order valence-corrected chi connectivity index (χ2v) is 8.00. The van der Waals surface area contributed by atoms with Gasteiger partial charge < -0.3 is 9.73 Å². The van der Waals surface area contributed by atoms with Crippen molar-refractivity contribution >= 4 is 28.6 Å². The summed E-state index contributed by atoms with van der Waals surface area (Å²) < 4.78 is 7.77. The number of amides is 1. The highest BCUT2D eigenvalue weighted by Gasteiger charge is 2.17. The van der Waals surface area contributed by atoms with Crippen molar-refractivity contribution in [1.29, 1.82) is 0 Å². The van der Waals surface area contributed by atoms with Gasteiger partial charge in [-0.05, 0) is 45.0 Å². The highest BCUT2D eigenvalue weighted by Crippen LogP contribution is 2.28. The molecule has 5 nitrogen and oxygen atoms in total. The van der Waals surface area contributed by atoms with Gasteiger partial charge in [-0.2, -0.15) is 5.10 Å². The molecule has 1 atom stereocenters. The van der Waals surface area contributed by atoms with Crippen LogP contribution in [0.2, 0.25) is 0 Å². The standard InChI is InChI=1S/C23H23N3O2S/c1-15(21-13-18-9-7-8-12-20(18)28-21)24-22(27)14-29-23-16(2)25-26(17(23)3)19-10-5-4-6-11-19/h4-13,15H,14H2,1-3H3,(H,24,27)/t15-/m0/s1. The molecule has 0 aliphatic rings. The number of carbonyl (C=O) groups excluding carboxylic acids is 1. The Balaban J connectivity index is 1.41. The van der Waals surface area contributed by atoms with Gasteiger partial charge in [-0.1, -0.05) is 36.4 Å². The Bertz CT molecular complexity index is 1110. The molecule has 4 rings (SSSR count). The first-order chi connectivity index (χ1) is 14.0. The molecule has 4 aromatic rings. The molecule has 6 heteroatoms. The van der Waals surface area contributed by atoms with Crippen LogP contribution >= 0.6 is 11.8 Å².